The molecule has 0 spiro atoms. The lowest BCUT2D eigenvalue weighted by Gasteiger charge is -2.29. The number of amides is 1. The number of benzene rings is 1. The minimum absolute atomic E-state index is 0.333. The highest BCUT2D eigenvalue weighted by molar-refractivity contribution is 5.70. The molecule has 1 amide bonds. The second-order valence-electron chi connectivity index (χ2n) is 4.40. The van der Waals surface area contributed by atoms with E-state index in [1.165, 1.54) is 19.1 Å². The maximum absolute atomic E-state index is 12.5. The third-order valence-corrected chi connectivity index (χ3v) is 2.66. The van der Waals surface area contributed by atoms with Gasteiger partial charge in [-0.2, -0.15) is 13.2 Å². The summed E-state index contributed by atoms with van der Waals surface area (Å²) in [5.74, 6) is -0.333. The summed E-state index contributed by atoms with van der Waals surface area (Å²) < 4.78 is 37.5. The number of anilines is 1. The van der Waals surface area contributed by atoms with Crippen LogP contribution in [0.15, 0.2) is 24.3 Å². The number of carbonyl (C=O) groups excluding carboxylic acids is 1. The predicted molar refractivity (Wildman–Crippen MR) is 71.4 cm³/mol. The Labute approximate surface area is 115 Å². The van der Waals surface area contributed by atoms with E-state index in [-0.39, 0.29) is 5.91 Å². The normalized spacial score (nSPS) is 15.3. The zero-order valence-corrected chi connectivity index (χ0v) is 11.2. The lowest BCUT2D eigenvalue weighted by atomic mass is 10.1. The molecule has 1 fully saturated rings. The summed E-state index contributed by atoms with van der Waals surface area (Å²) in [6.45, 7) is 4.44. The van der Waals surface area contributed by atoms with Gasteiger partial charge in [0.05, 0.1) is 5.56 Å². The first kappa shape index (κ1) is 16.3. The van der Waals surface area contributed by atoms with Crippen molar-refractivity contribution in [1.82, 2.24) is 5.32 Å². The highest BCUT2D eigenvalue weighted by Crippen LogP contribution is 2.31. The molecule has 1 heterocycles. The van der Waals surface area contributed by atoms with Crippen LogP contribution >= 0.6 is 0 Å². The summed E-state index contributed by atoms with van der Waals surface area (Å²) in [7, 11) is 0. The zero-order valence-electron chi connectivity index (χ0n) is 11.2. The minimum Gasteiger partial charge on any atom is -0.370 e. The molecule has 7 heteroatoms. The lowest BCUT2D eigenvalue weighted by molar-refractivity contribution is -0.137. The molecule has 1 aliphatic heterocycles. The summed E-state index contributed by atoms with van der Waals surface area (Å²) >= 11 is 0. The summed E-state index contributed by atoms with van der Waals surface area (Å²) in [6.07, 6.45) is -4.26. The molecule has 112 valence electrons. The van der Waals surface area contributed by atoms with Crippen LogP contribution in [-0.2, 0) is 11.0 Å². The van der Waals surface area contributed by atoms with Crippen LogP contribution in [0.4, 0.5) is 18.9 Å². The SMILES string of the molecule is CC(N)=O.FC(F)(F)c1cccc(N2CCNCC2)c1. The summed E-state index contributed by atoms with van der Waals surface area (Å²) in [4.78, 5) is 11.2. The first-order valence-electron chi connectivity index (χ1n) is 6.19. The molecule has 0 radical (unpaired) electrons. The van der Waals surface area contributed by atoms with Crippen molar-refractivity contribution in [1.29, 1.82) is 0 Å². The van der Waals surface area contributed by atoms with Crippen LogP contribution in [0.5, 0.6) is 0 Å². The zero-order chi connectivity index (χ0) is 15.2. The number of hydrogen-bond donors (Lipinski definition) is 2. The Morgan fingerprint density at radius 3 is 2.35 bits per heavy atom. The average molecular weight is 289 g/mol. The molecule has 1 saturated heterocycles. The molecule has 1 aliphatic rings. The summed E-state index contributed by atoms with van der Waals surface area (Å²) in [5, 5.41) is 3.17. The molecule has 2 rings (SSSR count). The number of primary amides is 1. The van der Waals surface area contributed by atoms with Crippen LogP contribution in [0.1, 0.15) is 12.5 Å². The number of nitrogens with two attached hydrogens (primary N) is 1. The van der Waals surface area contributed by atoms with Gasteiger partial charge in [-0.1, -0.05) is 6.07 Å². The Kier molecular flexibility index (Phi) is 5.82. The maximum Gasteiger partial charge on any atom is 0.416 e. The van der Waals surface area contributed by atoms with Gasteiger partial charge in [-0.05, 0) is 18.2 Å². The number of hydrogen-bond acceptors (Lipinski definition) is 3. The van der Waals surface area contributed by atoms with Gasteiger partial charge in [-0.3, -0.25) is 4.79 Å². The molecular weight excluding hydrogens is 271 g/mol. The number of nitrogens with zero attached hydrogens (tertiary/aromatic N) is 1. The Hall–Kier alpha value is -1.76. The molecular formula is C13H18F3N3O. The smallest absolute Gasteiger partial charge is 0.370 e. The molecule has 0 unspecified atom stereocenters. The fraction of sp³-hybridized carbons (Fsp3) is 0.462. The van der Waals surface area contributed by atoms with Crippen LogP contribution in [-0.4, -0.2) is 32.1 Å². The molecule has 20 heavy (non-hydrogen) atoms. The second-order valence-corrected chi connectivity index (χ2v) is 4.40. The fourth-order valence-electron chi connectivity index (χ4n) is 1.80. The largest absolute Gasteiger partial charge is 0.416 e. The van der Waals surface area contributed by atoms with E-state index in [1.807, 2.05) is 4.90 Å². The Morgan fingerprint density at radius 1 is 1.30 bits per heavy atom. The molecule has 0 saturated carbocycles. The van der Waals surface area contributed by atoms with Gasteiger partial charge < -0.3 is 16.0 Å². The molecule has 4 nitrogen and oxygen atoms in total. The van der Waals surface area contributed by atoms with Crippen molar-refractivity contribution in [2.75, 3.05) is 31.1 Å². The van der Waals surface area contributed by atoms with E-state index in [2.05, 4.69) is 11.1 Å². The van der Waals surface area contributed by atoms with E-state index < -0.39 is 11.7 Å². The average Bonchev–Trinajstić information content (AvgIpc) is 2.38. The van der Waals surface area contributed by atoms with Gasteiger partial charge in [0, 0.05) is 38.8 Å². The Bertz CT molecular complexity index is 439. The lowest BCUT2D eigenvalue weighted by Crippen LogP contribution is -2.43. The standard InChI is InChI=1S/C11H13F3N2.C2H5NO/c12-11(13,14)9-2-1-3-10(8-9)16-6-4-15-5-7-16;1-2(3)4/h1-3,8,15H,4-7H2;1H3,(H2,3,4). The first-order valence-corrected chi connectivity index (χ1v) is 6.19. The van der Waals surface area contributed by atoms with Gasteiger partial charge in [-0.25, -0.2) is 0 Å². The topological polar surface area (TPSA) is 58.4 Å². The quantitative estimate of drug-likeness (QED) is 0.825. The van der Waals surface area contributed by atoms with E-state index >= 15 is 0 Å². The van der Waals surface area contributed by atoms with Gasteiger partial charge in [0.1, 0.15) is 0 Å². The van der Waals surface area contributed by atoms with E-state index in [1.54, 1.807) is 6.07 Å². The second kappa shape index (κ2) is 7.14. The molecule has 0 aromatic heterocycles. The van der Waals surface area contributed by atoms with Crippen molar-refractivity contribution < 1.29 is 18.0 Å². The van der Waals surface area contributed by atoms with Gasteiger partial charge in [-0.15, -0.1) is 0 Å². The third kappa shape index (κ3) is 5.48. The van der Waals surface area contributed by atoms with E-state index in [4.69, 9.17) is 0 Å². The van der Waals surface area contributed by atoms with Crippen molar-refractivity contribution in [3.05, 3.63) is 29.8 Å². The van der Waals surface area contributed by atoms with Crippen LogP contribution in [0.25, 0.3) is 0 Å². The number of alkyl halides is 3. The number of carbonyl (C=O) groups is 1. The molecule has 0 atom stereocenters. The van der Waals surface area contributed by atoms with Crippen molar-refractivity contribution in [3.63, 3.8) is 0 Å². The highest BCUT2D eigenvalue weighted by Gasteiger charge is 2.30. The van der Waals surface area contributed by atoms with Crippen molar-refractivity contribution >= 4 is 11.6 Å². The Balaban J connectivity index is 0.000000444. The van der Waals surface area contributed by atoms with Gasteiger partial charge >= 0.3 is 6.18 Å². The van der Waals surface area contributed by atoms with Crippen LogP contribution in [0, 0.1) is 0 Å². The number of rotatable bonds is 1. The molecule has 3 N–H and O–H groups in total. The van der Waals surface area contributed by atoms with E-state index in [9.17, 15) is 18.0 Å². The predicted octanol–water partition coefficient (Wildman–Crippen LogP) is 1.61. The highest BCUT2D eigenvalue weighted by atomic mass is 19.4. The Morgan fingerprint density at radius 2 is 1.85 bits per heavy atom. The summed E-state index contributed by atoms with van der Waals surface area (Å²) in [5.41, 5.74) is 4.54. The maximum atomic E-state index is 12.5. The minimum atomic E-state index is -4.26. The monoisotopic (exact) mass is 289 g/mol. The van der Waals surface area contributed by atoms with Crippen molar-refractivity contribution in [2.45, 2.75) is 13.1 Å². The van der Waals surface area contributed by atoms with Crippen molar-refractivity contribution in [2.24, 2.45) is 5.73 Å². The third-order valence-electron chi connectivity index (χ3n) is 2.66. The van der Waals surface area contributed by atoms with Gasteiger partial charge in [0.2, 0.25) is 5.91 Å². The van der Waals surface area contributed by atoms with Crippen LogP contribution in [0.2, 0.25) is 0 Å². The first-order chi connectivity index (χ1) is 9.30. The van der Waals surface area contributed by atoms with E-state index in [0.717, 1.165) is 32.2 Å². The fourth-order valence-corrected chi connectivity index (χ4v) is 1.80. The van der Waals surface area contributed by atoms with Crippen LogP contribution < -0.4 is 16.0 Å². The molecule has 1 aromatic carbocycles. The number of piperazine rings is 1. The molecule has 1 aromatic rings. The van der Waals surface area contributed by atoms with Gasteiger partial charge in [0.25, 0.3) is 0 Å². The van der Waals surface area contributed by atoms with E-state index in [0.29, 0.717) is 5.69 Å². The summed E-state index contributed by atoms with van der Waals surface area (Å²) in [6, 6.07) is 5.50. The van der Waals surface area contributed by atoms with Gasteiger partial charge in [0.15, 0.2) is 0 Å². The molecule has 0 aliphatic carbocycles. The number of nitrogens with one attached hydrogen (secondary N) is 1. The van der Waals surface area contributed by atoms with Crippen LogP contribution in [0.3, 0.4) is 0 Å². The number of halogens is 3. The molecule has 0 bridgehead atoms. The van der Waals surface area contributed by atoms with Crippen molar-refractivity contribution in [3.8, 4) is 0 Å².